The van der Waals surface area contributed by atoms with Crippen molar-refractivity contribution < 1.29 is 17.7 Å². The van der Waals surface area contributed by atoms with Crippen LogP contribution in [0.15, 0.2) is 46.7 Å². The maximum atomic E-state index is 13.9. The Hall–Kier alpha value is -2.36. The lowest BCUT2D eigenvalue weighted by molar-refractivity contribution is 0.140. The number of rotatable bonds is 9. The number of halogens is 2. The molecule has 0 bridgehead atoms. The lowest BCUT2D eigenvalue weighted by Crippen LogP contribution is -2.21. The van der Waals surface area contributed by atoms with Crippen LogP contribution < -0.4 is 4.90 Å². The van der Waals surface area contributed by atoms with Crippen LogP contribution in [-0.4, -0.2) is 34.8 Å². The largest absolute Gasteiger partial charge is 0.361 e. The van der Waals surface area contributed by atoms with Crippen molar-refractivity contribution in [2.75, 3.05) is 25.3 Å². The minimum atomic E-state index is -2.75. The molecule has 4 rings (SSSR count). The topological polar surface area (TPSA) is 66.3 Å². The van der Waals surface area contributed by atoms with Crippen molar-refractivity contribution in [3.63, 3.8) is 0 Å². The summed E-state index contributed by atoms with van der Waals surface area (Å²) >= 11 is 1.31. The predicted molar refractivity (Wildman–Crippen MR) is 124 cm³/mol. The molecule has 1 saturated carbocycles. The van der Waals surface area contributed by atoms with Crippen molar-refractivity contribution >= 4 is 26.2 Å². The van der Waals surface area contributed by atoms with E-state index in [1.165, 1.54) is 17.4 Å². The van der Waals surface area contributed by atoms with Gasteiger partial charge in [-0.05, 0) is 55.5 Å². The molecular formula is C23H25F2N3O2S2. The SMILES string of the molecule is Cc1nc(N(C)COCCc2ccc(-c3cc(F)ccc3F)cc2)sc1S(=N)(=O)C1CC1. The third-order valence-electron chi connectivity index (χ3n) is 5.35. The molecule has 1 N–H and O–H groups in total. The van der Waals surface area contributed by atoms with Crippen LogP contribution in [-0.2, 0) is 20.9 Å². The molecule has 1 heterocycles. The molecule has 0 aliphatic heterocycles. The van der Waals surface area contributed by atoms with E-state index < -0.39 is 21.4 Å². The highest BCUT2D eigenvalue weighted by Gasteiger charge is 2.36. The zero-order chi connectivity index (χ0) is 22.9. The van der Waals surface area contributed by atoms with Gasteiger partial charge in [-0.1, -0.05) is 35.6 Å². The monoisotopic (exact) mass is 477 g/mol. The van der Waals surface area contributed by atoms with Gasteiger partial charge in [-0.15, -0.1) is 0 Å². The van der Waals surface area contributed by atoms with E-state index in [0.29, 0.717) is 40.4 Å². The molecule has 0 spiro atoms. The minimum Gasteiger partial charge on any atom is -0.361 e. The minimum absolute atomic E-state index is 0.0279. The first-order valence-corrected chi connectivity index (χ1v) is 12.8. The Morgan fingerprint density at radius 1 is 1.22 bits per heavy atom. The molecule has 1 aliphatic carbocycles. The maximum absolute atomic E-state index is 13.9. The molecule has 0 amide bonds. The van der Waals surface area contributed by atoms with Crippen LogP contribution in [0.3, 0.4) is 0 Å². The van der Waals surface area contributed by atoms with Gasteiger partial charge < -0.3 is 9.64 Å². The molecule has 2 aromatic carbocycles. The summed E-state index contributed by atoms with van der Waals surface area (Å²) in [6.45, 7) is 2.61. The number of nitrogens with one attached hydrogen (secondary N) is 1. The highest BCUT2D eigenvalue weighted by Crippen LogP contribution is 2.39. The summed E-state index contributed by atoms with van der Waals surface area (Å²) in [6, 6.07) is 10.7. The fraction of sp³-hybridized carbons (Fsp3) is 0.348. The van der Waals surface area contributed by atoms with Gasteiger partial charge in [0, 0.05) is 17.9 Å². The molecule has 32 heavy (non-hydrogen) atoms. The quantitative estimate of drug-likeness (QED) is 0.321. The first kappa shape index (κ1) is 22.8. The summed E-state index contributed by atoms with van der Waals surface area (Å²) in [5, 5.41) is 0.666. The lowest BCUT2D eigenvalue weighted by atomic mass is 10.0. The van der Waals surface area contributed by atoms with Crippen molar-refractivity contribution in [3.05, 3.63) is 65.4 Å². The second-order valence-electron chi connectivity index (χ2n) is 7.98. The highest BCUT2D eigenvalue weighted by molar-refractivity contribution is 7.95. The summed E-state index contributed by atoms with van der Waals surface area (Å²) < 4.78 is 54.7. The van der Waals surface area contributed by atoms with E-state index in [0.717, 1.165) is 30.5 Å². The van der Waals surface area contributed by atoms with Crippen molar-refractivity contribution in [3.8, 4) is 11.1 Å². The number of ether oxygens (including phenoxy) is 1. The maximum Gasteiger partial charge on any atom is 0.188 e. The van der Waals surface area contributed by atoms with Gasteiger partial charge in [-0.2, -0.15) is 0 Å². The Morgan fingerprint density at radius 2 is 1.94 bits per heavy atom. The number of anilines is 1. The van der Waals surface area contributed by atoms with Crippen LogP contribution in [0.4, 0.5) is 13.9 Å². The van der Waals surface area contributed by atoms with Gasteiger partial charge in [-0.25, -0.2) is 22.8 Å². The van der Waals surface area contributed by atoms with Crippen LogP contribution in [0.25, 0.3) is 11.1 Å². The standard InChI is InChI=1S/C23H25F2N3O2S2/c1-15-22(32(26,29)19-8-9-19)31-23(27-15)28(2)14-30-12-11-16-3-5-17(6-4-16)20-13-18(24)7-10-21(20)25/h3-7,10,13,19,26H,8-9,11-12,14H2,1-2H3. The summed E-state index contributed by atoms with van der Waals surface area (Å²) in [7, 11) is -0.900. The van der Waals surface area contributed by atoms with Crippen molar-refractivity contribution in [2.24, 2.45) is 0 Å². The third-order valence-corrected chi connectivity index (χ3v) is 9.67. The summed E-state index contributed by atoms with van der Waals surface area (Å²) in [4.78, 5) is 6.33. The molecule has 3 aromatic rings. The van der Waals surface area contributed by atoms with Gasteiger partial charge in [0.15, 0.2) is 5.13 Å². The van der Waals surface area contributed by atoms with Gasteiger partial charge in [0.1, 0.15) is 22.6 Å². The predicted octanol–water partition coefficient (Wildman–Crippen LogP) is 5.62. The summed E-state index contributed by atoms with van der Waals surface area (Å²) in [5.74, 6) is -0.923. The Morgan fingerprint density at radius 3 is 2.62 bits per heavy atom. The van der Waals surface area contributed by atoms with Crippen LogP contribution in [0.5, 0.6) is 0 Å². The van der Waals surface area contributed by atoms with Crippen LogP contribution in [0.1, 0.15) is 24.1 Å². The van der Waals surface area contributed by atoms with Crippen LogP contribution in [0.2, 0.25) is 0 Å². The van der Waals surface area contributed by atoms with Gasteiger partial charge in [-0.3, -0.25) is 0 Å². The first-order valence-electron chi connectivity index (χ1n) is 10.3. The normalized spacial score (nSPS) is 15.5. The molecule has 170 valence electrons. The van der Waals surface area contributed by atoms with E-state index in [4.69, 9.17) is 9.52 Å². The molecular weight excluding hydrogens is 452 g/mol. The average molecular weight is 478 g/mol. The summed E-state index contributed by atoms with van der Waals surface area (Å²) in [5.41, 5.74) is 2.56. The van der Waals surface area contributed by atoms with Crippen molar-refractivity contribution in [1.29, 1.82) is 4.78 Å². The van der Waals surface area contributed by atoms with E-state index in [-0.39, 0.29) is 10.8 Å². The van der Waals surface area contributed by atoms with E-state index in [1.54, 1.807) is 19.1 Å². The molecule has 5 nitrogen and oxygen atoms in total. The molecule has 1 aliphatic rings. The van der Waals surface area contributed by atoms with E-state index in [9.17, 15) is 13.0 Å². The molecule has 1 aromatic heterocycles. The second-order valence-corrected chi connectivity index (χ2v) is 11.5. The molecule has 1 unspecified atom stereocenters. The van der Waals surface area contributed by atoms with Crippen molar-refractivity contribution in [1.82, 2.24) is 4.98 Å². The Bertz CT molecular complexity index is 1210. The van der Waals surface area contributed by atoms with Gasteiger partial charge in [0.05, 0.1) is 22.0 Å². The molecule has 1 atom stereocenters. The lowest BCUT2D eigenvalue weighted by Gasteiger charge is -2.15. The van der Waals surface area contributed by atoms with Crippen LogP contribution in [0, 0.1) is 23.3 Å². The van der Waals surface area contributed by atoms with Crippen molar-refractivity contribution in [2.45, 2.75) is 35.6 Å². The zero-order valence-electron chi connectivity index (χ0n) is 17.9. The first-order chi connectivity index (χ1) is 15.3. The Kier molecular flexibility index (Phi) is 6.60. The third kappa shape index (κ3) is 5.00. The number of thiazole rings is 1. The molecule has 0 radical (unpaired) electrons. The van der Waals surface area contributed by atoms with E-state index >= 15 is 0 Å². The zero-order valence-corrected chi connectivity index (χ0v) is 19.6. The molecule has 0 saturated heterocycles. The molecule has 1 fully saturated rings. The number of nitrogens with zero attached hydrogens (tertiary/aromatic N) is 2. The van der Waals surface area contributed by atoms with Crippen LogP contribution >= 0.6 is 11.3 Å². The number of aromatic nitrogens is 1. The summed E-state index contributed by atoms with van der Waals surface area (Å²) in [6.07, 6.45) is 2.38. The van der Waals surface area contributed by atoms with E-state index in [2.05, 4.69) is 4.98 Å². The number of hydrogen-bond donors (Lipinski definition) is 1. The fourth-order valence-corrected chi connectivity index (χ4v) is 6.85. The fourth-order valence-electron chi connectivity index (χ4n) is 3.38. The number of benzene rings is 2. The molecule has 9 heteroatoms. The number of aryl methyl sites for hydroxylation is 1. The van der Waals surface area contributed by atoms with E-state index in [1.807, 2.05) is 24.1 Å². The highest BCUT2D eigenvalue weighted by atomic mass is 32.2. The number of hydrogen-bond acceptors (Lipinski definition) is 6. The Labute approximate surface area is 191 Å². The average Bonchev–Trinajstić information content (AvgIpc) is 3.56. The Balaban J connectivity index is 1.29. The second kappa shape index (κ2) is 9.25. The smallest absolute Gasteiger partial charge is 0.188 e. The van der Waals surface area contributed by atoms with Gasteiger partial charge in [0.2, 0.25) is 0 Å². The van der Waals surface area contributed by atoms with Gasteiger partial charge in [0.25, 0.3) is 0 Å². The van der Waals surface area contributed by atoms with Gasteiger partial charge >= 0.3 is 0 Å².